The first-order valence-corrected chi connectivity index (χ1v) is 6.95. The fourth-order valence-electron chi connectivity index (χ4n) is 1.74. The van der Waals surface area contributed by atoms with Crippen LogP contribution in [0.15, 0.2) is 30.3 Å². The predicted molar refractivity (Wildman–Crippen MR) is 86.8 cm³/mol. The van der Waals surface area contributed by atoms with Crippen molar-refractivity contribution < 1.29 is 9.53 Å². The lowest BCUT2D eigenvalue weighted by atomic mass is 10.2. The number of nitrogens with two attached hydrogens (primary N) is 1. The van der Waals surface area contributed by atoms with Gasteiger partial charge in [0.1, 0.15) is 11.4 Å². The molecule has 4 nitrogen and oxygen atoms in total. The second-order valence-electron chi connectivity index (χ2n) is 4.16. The highest BCUT2D eigenvalue weighted by Gasteiger charge is 2.16. The van der Waals surface area contributed by atoms with Crippen LogP contribution < -0.4 is 15.8 Å². The summed E-state index contributed by atoms with van der Waals surface area (Å²) in [5.74, 6) is -0.0694. The molecule has 0 radical (unpaired) electrons. The van der Waals surface area contributed by atoms with Crippen molar-refractivity contribution in [1.29, 1.82) is 0 Å². The molecular weight excluding hydrogens is 335 g/mol. The van der Waals surface area contributed by atoms with Crippen LogP contribution in [0.3, 0.4) is 0 Å². The van der Waals surface area contributed by atoms with Gasteiger partial charge in [0, 0.05) is 16.8 Å². The summed E-state index contributed by atoms with van der Waals surface area (Å²) in [5, 5.41) is 3.61. The first-order chi connectivity index (χ1) is 9.92. The Kier molecular flexibility index (Phi) is 4.83. The normalized spacial score (nSPS) is 10.3. The monoisotopic (exact) mass is 344 g/mol. The Morgan fingerprint density at radius 1 is 1.14 bits per heavy atom. The summed E-state index contributed by atoms with van der Waals surface area (Å²) in [6.07, 6.45) is 0. The molecule has 110 valence electrons. The van der Waals surface area contributed by atoms with Gasteiger partial charge in [-0.1, -0.05) is 34.8 Å². The zero-order valence-corrected chi connectivity index (χ0v) is 13.2. The zero-order chi connectivity index (χ0) is 15.6. The van der Waals surface area contributed by atoms with Crippen molar-refractivity contribution >= 4 is 52.1 Å². The standard InChI is InChI=1S/C14H11Cl3N2O2/c1-21-12-6-8(18)5-11(17)13(12)19-14(20)9-3-2-7(15)4-10(9)16/h2-6H,18H2,1H3,(H,19,20). The molecule has 3 N–H and O–H groups in total. The number of ether oxygens (including phenoxy) is 1. The van der Waals surface area contributed by atoms with E-state index in [9.17, 15) is 4.79 Å². The molecule has 0 bridgehead atoms. The summed E-state index contributed by atoms with van der Waals surface area (Å²) < 4.78 is 5.16. The Labute approximate surface area is 136 Å². The highest BCUT2D eigenvalue weighted by Crippen LogP contribution is 2.35. The highest BCUT2D eigenvalue weighted by molar-refractivity contribution is 6.38. The van der Waals surface area contributed by atoms with Crippen LogP contribution in [0.2, 0.25) is 15.1 Å². The first-order valence-electron chi connectivity index (χ1n) is 5.81. The number of nitrogen functional groups attached to an aromatic ring is 1. The second-order valence-corrected chi connectivity index (χ2v) is 5.41. The summed E-state index contributed by atoms with van der Waals surface area (Å²) in [6, 6.07) is 7.66. The molecule has 2 rings (SSSR count). The Hall–Kier alpha value is -1.62. The number of anilines is 2. The van der Waals surface area contributed by atoms with Crippen molar-refractivity contribution in [2.45, 2.75) is 0 Å². The van der Waals surface area contributed by atoms with Gasteiger partial charge in [0.05, 0.1) is 22.7 Å². The van der Waals surface area contributed by atoms with E-state index in [1.165, 1.54) is 25.3 Å². The number of carbonyl (C=O) groups excluding carboxylic acids is 1. The lowest BCUT2D eigenvalue weighted by molar-refractivity contribution is 0.102. The molecule has 7 heteroatoms. The minimum Gasteiger partial charge on any atom is -0.494 e. The maximum atomic E-state index is 12.3. The van der Waals surface area contributed by atoms with E-state index in [1.807, 2.05) is 0 Å². The van der Waals surface area contributed by atoms with Crippen LogP contribution >= 0.6 is 34.8 Å². The third-order valence-corrected chi connectivity index (χ3v) is 3.56. The SMILES string of the molecule is COc1cc(N)cc(Cl)c1NC(=O)c1ccc(Cl)cc1Cl. The van der Waals surface area contributed by atoms with E-state index in [0.29, 0.717) is 22.1 Å². The van der Waals surface area contributed by atoms with E-state index < -0.39 is 5.91 Å². The molecule has 0 aliphatic rings. The fraction of sp³-hybridized carbons (Fsp3) is 0.0714. The van der Waals surface area contributed by atoms with Crippen LogP contribution in [-0.2, 0) is 0 Å². The molecule has 0 fully saturated rings. The molecular formula is C14H11Cl3N2O2. The zero-order valence-electron chi connectivity index (χ0n) is 10.9. The van der Waals surface area contributed by atoms with Crippen molar-refractivity contribution in [1.82, 2.24) is 0 Å². The lowest BCUT2D eigenvalue weighted by Gasteiger charge is -2.13. The van der Waals surface area contributed by atoms with Gasteiger partial charge in [-0.25, -0.2) is 0 Å². The number of carbonyl (C=O) groups is 1. The Balaban J connectivity index is 2.36. The van der Waals surface area contributed by atoms with Crippen LogP contribution in [0, 0.1) is 0 Å². The molecule has 1 amide bonds. The van der Waals surface area contributed by atoms with Gasteiger partial charge in [0.15, 0.2) is 0 Å². The van der Waals surface area contributed by atoms with E-state index in [0.717, 1.165) is 0 Å². The van der Waals surface area contributed by atoms with Crippen LogP contribution in [0.5, 0.6) is 5.75 Å². The first kappa shape index (κ1) is 15.8. The molecule has 21 heavy (non-hydrogen) atoms. The maximum Gasteiger partial charge on any atom is 0.257 e. The number of benzene rings is 2. The molecule has 0 heterocycles. The summed E-state index contributed by atoms with van der Waals surface area (Å²) in [7, 11) is 1.45. The van der Waals surface area contributed by atoms with Gasteiger partial charge < -0.3 is 15.8 Å². The molecule has 0 aliphatic heterocycles. The number of nitrogens with one attached hydrogen (secondary N) is 1. The number of rotatable bonds is 3. The Morgan fingerprint density at radius 3 is 2.48 bits per heavy atom. The fourth-order valence-corrected chi connectivity index (χ4v) is 2.50. The van der Waals surface area contributed by atoms with Gasteiger partial charge in [-0.05, 0) is 24.3 Å². The minimum atomic E-state index is -0.429. The summed E-state index contributed by atoms with van der Waals surface area (Å²) >= 11 is 17.9. The van der Waals surface area contributed by atoms with E-state index in [2.05, 4.69) is 5.32 Å². The van der Waals surface area contributed by atoms with Crippen LogP contribution in [0.25, 0.3) is 0 Å². The molecule has 0 saturated carbocycles. The van der Waals surface area contributed by atoms with Crippen molar-refractivity contribution in [3.63, 3.8) is 0 Å². The molecule has 2 aromatic carbocycles. The average molecular weight is 346 g/mol. The summed E-state index contributed by atoms with van der Waals surface area (Å²) in [4.78, 5) is 12.3. The molecule has 0 saturated heterocycles. The molecule has 0 aromatic heterocycles. The van der Waals surface area contributed by atoms with Gasteiger partial charge in [-0.2, -0.15) is 0 Å². The van der Waals surface area contributed by atoms with Crippen LogP contribution in [0.4, 0.5) is 11.4 Å². The quantitative estimate of drug-likeness (QED) is 0.806. The number of methoxy groups -OCH3 is 1. The number of hydrogen-bond donors (Lipinski definition) is 2. The van der Waals surface area contributed by atoms with E-state index in [-0.39, 0.29) is 15.6 Å². The topological polar surface area (TPSA) is 64.3 Å². The molecule has 0 aliphatic carbocycles. The van der Waals surface area contributed by atoms with E-state index in [4.69, 9.17) is 45.3 Å². The predicted octanol–water partition coefficient (Wildman–Crippen LogP) is 4.49. The van der Waals surface area contributed by atoms with Gasteiger partial charge in [0.2, 0.25) is 0 Å². The van der Waals surface area contributed by atoms with Gasteiger partial charge >= 0.3 is 0 Å². The third-order valence-electron chi connectivity index (χ3n) is 2.71. The van der Waals surface area contributed by atoms with Crippen LogP contribution in [0.1, 0.15) is 10.4 Å². The van der Waals surface area contributed by atoms with Crippen molar-refractivity contribution in [3.8, 4) is 5.75 Å². The second kappa shape index (κ2) is 6.43. The number of halogens is 3. The average Bonchev–Trinajstić information content (AvgIpc) is 2.41. The summed E-state index contributed by atoms with van der Waals surface area (Å²) in [6.45, 7) is 0. The van der Waals surface area contributed by atoms with Crippen molar-refractivity contribution in [3.05, 3.63) is 51.0 Å². The van der Waals surface area contributed by atoms with Crippen molar-refractivity contribution in [2.24, 2.45) is 0 Å². The third kappa shape index (κ3) is 3.53. The van der Waals surface area contributed by atoms with Gasteiger partial charge in [-0.3, -0.25) is 4.79 Å². The Bertz CT molecular complexity index is 705. The highest BCUT2D eigenvalue weighted by atomic mass is 35.5. The van der Waals surface area contributed by atoms with E-state index >= 15 is 0 Å². The number of amides is 1. The summed E-state index contributed by atoms with van der Waals surface area (Å²) in [5.41, 5.74) is 6.70. The van der Waals surface area contributed by atoms with Crippen LogP contribution in [-0.4, -0.2) is 13.0 Å². The molecule has 0 spiro atoms. The van der Waals surface area contributed by atoms with Gasteiger partial charge in [0.25, 0.3) is 5.91 Å². The number of hydrogen-bond acceptors (Lipinski definition) is 3. The molecule has 2 aromatic rings. The maximum absolute atomic E-state index is 12.3. The molecule has 0 unspecified atom stereocenters. The minimum absolute atomic E-state index is 0.241. The van der Waals surface area contributed by atoms with Crippen molar-refractivity contribution in [2.75, 3.05) is 18.2 Å². The smallest absolute Gasteiger partial charge is 0.257 e. The van der Waals surface area contributed by atoms with Gasteiger partial charge in [-0.15, -0.1) is 0 Å². The molecule has 0 atom stereocenters. The Morgan fingerprint density at radius 2 is 1.86 bits per heavy atom. The lowest BCUT2D eigenvalue weighted by Crippen LogP contribution is -2.13. The van der Waals surface area contributed by atoms with E-state index in [1.54, 1.807) is 12.1 Å². The largest absolute Gasteiger partial charge is 0.494 e.